The number of aromatic nitrogens is 6. The van der Waals surface area contributed by atoms with Gasteiger partial charge < -0.3 is 14.5 Å². The van der Waals surface area contributed by atoms with Crippen molar-refractivity contribution in [1.29, 1.82) is 0 Å². The van der Waals surface area contributed by atoms with Crippen LogP contribution in [0.3, 0.4) is 0 Å². The third-order valence-electron chi connectivity index (χ3n) is 5.55. The van der Waals surface area contributed by atoms with Crippen molar-refractivity contribution >= 4 is 28.1 Å². The van der Waals surface area contributed by atoms with Crippen LogP contribution in [0.15, 0.2) is 40.2 Å². The van der Waals surface area contributed by atoms with Gasteiger partial charge in [-0.2, -0.15) is 0 Å². The summed E-state index contributed by atoms with van der Waals surface area (Å²) < 4.78 is 3.83. The number of nitrogens with one attached hydrogen (secondary N) is 1. The van der Waals surface area contributed by atoms with Crippen LogP contribution in [0, 0.1) is 0 Å². The zero-order chi connectivity index (χ0) is 20.3. The topological polar surface area (TPSA) is 111 Å². The molecule has 1 fully saturated rings. The molecule has 1 saturated heterocycles. The molecule has 29 heavy (non-hydrogen) atoms. The van der Waals surface area contributed by atoms with Crippen LogP contribution in [0.2, 0.25) is 0 Å². The van der Waals surface area contributed by atoms with Gasteiger partial charge >= 0.3 is 5.69 Å². The number of fused-ring (bicyclic) bond motifs is 2. The summed E-state index contributed by atoms with van der Waals surface area (Å²) in [5, 5.41) is 0. The summed E-state index contributed by atoms with van der Waals surface area (Å²) in [5.41, 5.74) is 1.51. The van der Waals surface area contributed by atoms with E-state index in [1.165, 1.54) is 22.5 Å². The molecule has 0 bridgehead atoms. The number of amides is 1. The SMILES string of the molecule is Cn1c(=O)c2c(ncn2CC(=O)N2CC(c3nc4ccccc4[nH]3)C2)n(C)c1=O. The fourth-order valence-corrected chi connectivity index (χ4v) is 3.78. The summed E-state index contributed by atoms with van der Waals surface area (Å²) in [7, 11) is 2.97. The van der Waals surface area contributed by atoms with Crippen LogP contribution in [0.25, 0.3) is 22.2 Å². The fourth-order valence-electron chi connectivity index (χ4n) is 3.78. The number of carbonyl (C=O) groups is 1. The Balaban J connectivity index is 1.34. The average molecular weight is 393 g/mol. The average Bonchev–Trinajstić information content (AvgIpc) is 3.27. The molecule has 0 aliphatic carbocycles. The number of hydrogen-bond acceptors (Lipinski definition) is 5. The highest BCUT2D eigenvalue weighted by molar-refractivity contribution is 5.80. The van der Waals surface area contributed by atoms with Crippen molar-refractivity contribution < 1.29 is 4.79 Å². The van der Waals surface area contributed by atoms with Crippen LogP contribution in [-0.2, 0) is 25.4 Å². The second-order valence-electron chi connectivity index (χ2n) is 7.39. The Morgan fingerprint density at radius 2 is 1.93 bits per heavy atom. The molecule has 1 N–H and O–H groups in total. The molecule has 0 spiro atoms. The molecule has 1 aromatic carbocycles. The highest BCUT2D eigenvalue weighted by Crippen LogP contribution is 2.27. The van der Waals surface area contributed by atoms with E-state index in [4.69, 9.17) is 0 Å². The molecule has 148 valence electrons. The van der Waals surface area contributed by atoms with E-state index in [0.29, 0.717) is 13.1 Å². The molecule has 1 aliphatic heterocycles. The molecule has 3 aromatic heterocycles. The van der Waals surface area contributed by atoms with Crippen LogP contribution >= 0.6 is 0 Å². The largest absolute Gasteiger partial charge is 0.342 e. The zero-order valence-corrected chi connectivity index (χ0v) is 16.0. The lowest BCUT2D eigenvalue weighted by atomic mass is 9.99. The van der Waals surface area contributed by atoms with Gasteiger partial charge in [-0.05, 0) is 12.1 Å². The van der Waals surface area contributed by atoms with Crippen molar-refractivity contribution in [1.82, 2.24) is 33.6 Å². The summed E-state index contributed by atoms with van der Waals surface area (Å²) in [6.07, 6.45) is 1.43. The first-order chi connectivity index (χ1) is 13.9. The van der Waals surface area contributed by atoms with Gasteiger partial charge in [-0.1, -0.05) is 12.1 Å². The van der Waals surface area contributed by atoms with Crippen molar-refractivity contribution in [2.75, 3.05) is 13.1 Å². The van der Waals surface area contributed by atoms with Crippen molar-refractivity contribution in [3.63, 3.8) is 0 Å². The van der Waals surface area contributed by atoms with E-state index < -0.39 is 11.2 Å². The number of aromatic amines is 1. The molecule has 4 aromatic rings. The predicted octanol–water partition coefficient (Wildman–Crippen LogP) is -0.0640. The smallest absolute Gasteiger partial charge is 0.332 e. The Labute approximate surface area is 164 Å². The van der Waals surface area contributed by atoms with Crippen molar-refractivity contribution in [2.45, 2.75) is 12.5 Å². The second-order valence-corrected chi connectivity index (χ2v) is 7.39. The number of H-pyrrole nitrogens is 1. The second kappa shape index (κ2) is 6.16. The minimum Gasteiger partial charge on any atom is -0.342 e. The number of benzene rings is 1. The molecule has 0 saturated carbocycles. The fraction of sp³-hybridized carbons (Fsp3) is 0.316. The van der Waals surface area contributed by atoms with Gasteiger partial charge in [0.1, 0.15) is 12.4 Å². The molecule has 0 radical (unpaired) electrons. The lowest BCUT2D eigenvalue weighted by Crippen LogP contribution is -2.50. The first-order valence-corrected chi connectivity index (χ1v) is 9.27. The minimum atomic E-state index is -0.461. The number of nitrogens with zero attached hydrogens (tertiary/aromatic N) is 6. The molecule has 10 nitrogen and oxygen atoms in total. The minimum absolute atomic E-state index is 0.00318. The van der Waals surface area contributed by atoms with Gasteiger partial charge in [0.15, 0.2) is 11.2 Å². The Bertz CT molecular complexity index is 1350. The van der Waals surface area contributed by atoms with Crippen molar-refractivity contribution in [2.24, 2.45) is 14.1 Å². The Morgan fingerprint density at radius 1 is 1.17 bits per heavy atom. The lowest BCUT2D eigenvalue weighted by Gasteiger charge is -2.38. The Morgan fingerprint density at radius 3 is 2.69 bits per heavy atom. The van der Waals surface area contributed by atoms with Gasteiger partial charge in [0, 0.05) is 27.2 Å². The molecular formula is C19H19N7O3. The summed E-state index contributed by atoms with van der Waals surface area (Å²) >= 11 is 0. The quantitative estimate of drug-likeness (QED) is 0.524. The Hall–Kier alpha value is -3.69. The van der Waals surface area contributed by atoms with Gasteiger partial charge in [0.2, 0.25) is 5.91 Å². The molecular weight excluding hydrogens is 374 g/mol. The number of carbonyl (C=O) groups excluding carboxylic acids is 1. The van der Waals surface area contributed by atoms with E-state index in [9.17, 15) is 14.4 Å². The van der Waals surface area contributed by atoms with Gasteiger partial charge in [-0.25, -0.2) is 14.8 Å². The van der Waals surface area contributed by atoms with Gasteiger partial charge in [0.25, 0.3) is 5.56 Å². The maximum atomic E-state index is 12.7. The predicted molar refractivity (Wildman–Crippen MR) is 106 cm³/mol. The summed E-state index contributed by atoms with van der Waals surface area (Å²) in [4.78, 5) is 51.0. The zero-order valence-electron chi connectivity index (χ0n) is 16.0. The first-order valence-electron chi connectivity index (χ1n) is 9.27. The normalized spacial score (nSPS) is 14.6. The van der Waals surface area contributed by atoms with E-state index in [0.717, 1.165) is 21.4 Å². The van der Waals surface area contributed by atoms with E-state index >= 15 is 0 Å². The number of para-hydroxylation sites is 2. The van der Waals surface area contributed by atoms with Crippen LogP contribution in [0.4, 0.5) is 0 Å². The van der Waals surface area contributed by atoms with Crippen LogP contribution in [0.5, 0.6) is 0 Å². The number of likely N-dealkylation sites (tertiary alicyclic amines) is 1. The molecule has 10 heteroatoms. The van der Waals surface area contributed by atoms with Crippen LogP contribution in [0.1, 0.15) is 11.7 Å². The first kappa shape index (κ1) is 17.4. The van der Waals surface area contributed by atoms with Crippen LogP contribution < -0.4 is 11.2 Å². The number of imidazole rings is 2. The molecule has 1 amide bonds. The summed E-state index contributed by atoms with van der Waals surface area (Å²) in [5.74, 6) is 0.944. The molecule has 4 heterocycles. The maximum absolute atomic E-state index is 12.7. The molecule has 1 aliphatic rings. The summed E-state index contributed by atoms with van der Waals surface area (Å²) in [6.45, 7) is 1.14. The highest BCUT2D eigenvalue weighted by Gasteiger charge is 2.34. The lowest BCUT2D eigenvalue weighted by molar-refractivity contribution is -0.136. The standard InChI is InChI=1S/C19H19N7O3/c1-23-17-15(18(28)24(2)19(23)29)26(10-20-17)9-14(27)25-7-11(8-25)16-21-12-5-3-4-6-13(12)22-16/h3-6,10-11H,7-9H2,1-2H3,(H,21,22). The Kier molecular flexibility index (Phi) is 3.70. The van der Waals surface area contributed by atoms with Crippen molar-refractivity contribution in [3.05, 3.63) is 57.3 Å². The number of aryl methyl sites for hydroxylation is 1. The van der Waals surface area contributed by atoms with Gasteiger partial charge in [0.05, 0.1) is 23.3 Å². The van der Waals surface area contributed by atoms with E-state index in [1.54, 1.807) is 11.9 Å². The third kappa shape index (κ3) is 2.59. The third-order valence-corrected chi connectivity index (χ3v) is 5.55. The monoisotopic (exact) mass is 393 g/mol. The van der Waals surface area contributed by atoms with Crippen molar-refractivity contribution in [3.8, 4) is 0 Å². The van der Waals surface area contributed by atoms with Gasteiger partial charge in [-0.15, -0.1) is 0 Å². The molecule has 5 rings (SSSR count). The number of rotatable bonds is 3. The highest BCUT2D eigenvalue weighted by atomic mass is 16.2. The maximum Gasteiger partial charge on any atom is 0.332 e. The van der Waals surface area contributed by atoms with Gasteiger partial charge in [-0.3, -0.25) is 18.7 Å². The van der Waals surface area contributed by atoms with E-state index in [2.05, 4.69) is 15.0 Å². The molecule has 0 atom stereocenters. The van der Waals surface area contributed by atoms with E-state index in [1.807, 2.05) is 24.3 Å². The van der Waals surface area contributed by atoms with Crippen LogP contribution in [-0.4, -0.2) is 52.5 Å². The molecule has 0 unspecified atom stereocenters. The van der Waals surface area contributed by atoms with E-state index in [-0.39, 0.29) is 29.5 Å². The number of hydrogen-bond donors (Lipinski definition) is 1. The summed E-state index contributed by atoms with van der Waals surface area (Å²) in [6, 6.07) is 7.83.